The minimum absolute atomic E-state index is 0.131. The third-order valence-electron chi connectivity index (χ3n) is 5.84. The first-order valence-electron chi connectivity index (χ1n) is 11.7. The molecule has 0 bridgehead atoms. The second-order valence-corrected chi connectivity index (χ2v) is 8.79. The van der Waals surface area contributed by atoms with Crippen molar-refractivity contribution in [1.29, 1.82) is 0 Å². The molecule has 1 heterocycles. The molecule has 0 aliphatic carbocycles. The van der Waals surface area contributed by atoms with Crippen molar-refractivity contribution in [3.63, 3.8) is 0 Å². The number of carbonyl (C=O) groups excluding carboxylic acids is 1. The van der Waals surface area contributed by atoms with Gasteiger partial charge in [-0.15, -0.1) is 0 Å². The molecule has 0 spiro atoms. The fraction of sp³-hybridized carbons (Fsp3) is 0.310. The molecule has 178 valence electrons. The lowest BCUT2D eigenvalue weighted by Crippen LogP contribution is -2.24. The maximum atomic E-state index is 13.3. The van der Waals surface area contributed by atoms with E-state index in [1.807, 2.05) is 61.0 Å². The van der Waals surface area contributed by atoms with Crippen LogP contribution in [0.3, 0.4) is 0 Å². The van der Waals surface area contributed by atoms with Crippen LogP contribution in [-0.4, -0.2) is 29.3 Å². The van der Waals surface area contributed by atoms with Gasteiger partial charge in [0.15, 0.2) is 0 Å². The Bertz CT molecular complexity index is 1200. The molecule has 0 aliphatic heterocycles. The van der Waals surface area contributed by atoms with E-state index in [4.69, 9.17) is 9.84 Å². The third kappa shape index (κ3) is 6.04. The van der Waals surface area contributed by atoms with Gasteiger partial charge in [0, 0.05) is 17.8 Å². The summed E-state index contributed by atoms with van der Waals surface area (Å²) < 4.78 is 7.34. The molecule has 5 nitrogen and oxygen atoms in total. The van der Waals surface area contributed by atoms with Crippen LogP contribution in [0.1, 0.15) is 55.4 Å². The van der Waals surface area contributed by atoms with Gasteiger partial charge in [0.1, 0.15) is 5.75 Å². The molecule has 34 heavy (non-hydrogen) atoms. The first kappa shape index (κ1) is 25.0. The SMILES string of the molecule is COc1ccc(-c2c(C)nn(-c3ccccc3)c2C)c(C(=O)NC/C=C(\C)CCC=C(C)C)c1. The largest absolute Gasteiger partial charge is 0.497 e. The number of benzene rings is 2. The normalized spacial score (nSPS) is 11.3. The number of hydrogen-bond acceptors (Lipinski definition) is 3. The minimum Gasteiger partial charge on any atom is -0.497 e. The summed E-state index contributed by atoms with van der Waals surface area (Å²) in [4.78, 5) is 13.3. The molecule has 3 rings (SSSR count). The quantitative estimate of drug-likeness (QED) is 0.369. The van der Waals surface area contributed by atoms with Crippen molar-refractivity contribution in [2.24, 2.45) is 0 Å². The van der Waals surface area contributed by atoms with Crippen LogP contribution in [0.25, 0.3) is 16.8 Å². The molecule has 0 aliphatic rings. The number of aryl methyl sites for hydroxylation is 1. The Balaban J connectivity index is 1.88. The van der Waals surface area contributed by atoms with Crippen molar-refractivity contribution >= 4 is 5.91 Å². The first-order chi connectivity index (χ1) is 16.3. The van der Waals surface area contributed by atoms with Gasteiger partial charge in [0.25, 0.3) is 5.91 Å². The molecular weight excluding hydrogens is 422 g/mol. The summed E-state index contributed by atoms with van der Waals surface area (Å²) in [6, 6.07) is 15.7. The lowest BCUT2D eigenvalue weighted by atomic mass is 9.97. The Morgan fingerprint density at radius 1 is 1.06 bits per heavy atom. The second kappa shape index (κ2) is 11.5. The number of aromatic nitrogens is 2. The molecule has 0 saturated carbocycles. The minimum atomic E-state index is -0.131. The summed E-state index contributed by atoms with van der Waals surface area (Å²) in [7, 11) is 1.61. The standard InChI is InChI=1S/C29H35N3O2/c1-20(2)11-10-12-21(3)17-18-30-29(33)27-19-25(34-6)15-16-26(27)28-22(4)31-32(23(28)5)24-13-8-7-9-14-24/h7-9,11,13-17,19H,10,12,18H2,1-6H3,(H,30,33)/b21-17+. The van der Waals surface area contributed by atoms with Crippen LogP contribution in [0, 0.1) is 13.8 Å². The van der Waals surface area contributed by atoms with Crippen LogP contribution in [0.4, 0.5) is 0 Å². The van der Waals surface area contributed by atoms with Gasteiger partial charge in [-0.05, 0) is 83.4 Å². The molecule has 2 aromatic carbocycles. The number of nitrogens with zero attached hydrogens (tertiary/aromatic N) is 2. The molecule has 0 fully saturated rings. The second-order valence-electron chi connectivity index (χ2n) is 8.79. The lowest BCUT2D eigenvalue weighted by molar-refractivity contribution is 0.0958. The molecule has 3 aromatic rings. The average molecular weight is 458 g/mol. The predicted molar refractivity (Wildman–Crippen MR) is 140 cm³/mol. The van der Waals surface area contributed by atoms with Gasteiger partial charge in [-0.1, -0.05) is 41.5 Å². The molecule has 0 unspecified atom stereocenters. The fourth-order valence-corrected chi connectivity index (χ4v) is 4.01. The number of rotatable bonds is 9. The van der Waals surface area contributed by atoms with Gasteiger partial charge in [0.2, 0.25) is 0 Å². The maximum Gasteiger partial charge on any atom is 0.252 e. The van der Waals surface area contributed by atoms with E-state index in [0.29, 0.717) is 17.9 Å². The van der Waals surface area contributed by atoms with E-state index in [2.05, 4.69) is 38.2 Å². The highest BCUT2D eigenvalue weighted by Gasteiger charge is 2.21. The van der Waals surface area contributed by atoms with E-state index in [1.165, 1.54) is 11.1 Å². The zero-order valence-electron chi connectivity index (χ0n) is 21.1. The molecule has 0 radical (unpaired) electrons. The highest BCUT2D eigenvalue weighted by molar-refractivity contribution is 6.02. The average Bonchev–Trinajstić information content (AvgIpc) is 3.12. The Morgan fingerprint density at radius 3 is 2.47 bits per heavy atom. The summed E-state index contributed by atoms with van der Waals surface area (Å²) in [6.45, 7) is 10.8. The topological polar surface area (TPSA) is 56.2 Å². The van der Waals surface area contributed by atoms with E-state index >= 15 is 0 Å². The number of ether oxygens (including phenoxy) is 1. The lowest BCUT2D eigenvalue weighted by Gasteiger charge is -2.13. The molecule has 1 amide bonds. The number of carbonyl (C=O) groups is 1. The highest BCUT2D eigenvalue weighted by atomic mass is 16.5. The van der Waals surface area contributed by atoms with Crippen LogP contribution in [0.2, 0.25) is 0 Å². The van der Waals surface area contributed by atoms with Gasteiger partial charge in [-0.3, -0.25) is 4.79 Å². The first-order valence-corrected chi connectivity index (χ1v) is 11.7. The van der Waals surface area contributed by atoms with E-state index in [9.17, 15) is 4.79 Å². The fourth-order valence-electron chi connectivity index (χ4n) is 4.01. The summed E-state index contributed by atoms with van der Waals surface area (Å²) in [5, 5.41) is 7.82. The van der Waals surface area contributed by atoms with Crippen LogP contribution in [0.5, 0.6) is 5.75 Å². The van der Waals surface area contributed by atoms with Gasteiger partial charge < -0.3 is 10.1 Å². The van der Waals surface area contributed by atoms with Crippen LogP contribution >= 0.6 is 0 Å². The van der Waals surface area contributed by atoms with Crippen molar-refractivity contribution < 1.29 is 9.53 Å². The zero-order valence-corrected chi connectivity index (χ0v) is 21.1. The Kier molecular flexibility index (Phi) is 8.47. The molecular formula is C29H35N3O2. The number of allylic oxidation sites excluding steroid dienone is 3. The molecule has 0 atom stereocenters. The van der Waals surface area contributed by atoms with Gasteiger partial charge in [-0.25, -0.2) is 4.68 Å². The van der Waals surface area contributed by atoms with Crippen molar-refractivity contribution in [3.05, 3.63) is 88.8 Å². The predicted octanol–water partition coefficient (Wildman–Crippen LogP) is 6.59. The van der Waals surface area contributed by atoms with Crippen LogP contribution < -0.4 is 10.1 Å². The number of para-hydroxylation sites is 1. The summed E-state index contributed by atoms with van der Waals surface area (Å²) >= 11 is 0. The van der Waals surface area contributed by atoms with E-state index in [-0.39, 0.29) is 5.91 Å². The number of amides is 1. The van der Waals surface area contributed by atoms with Crippen LogP contribution in [0.15, 0.2) is 71.8 Å². The Hall–Kier alpha value is -3.60. The van der Waals surface area contributed by atoms with Crippen molar-refractivity contribution in [1.82, 2.24) is 15.1 Å². The van der Waals surface area contributed by atoms with Gasteiger partial charge >= 0.3 is 0 Å². The monoisotopic (exact) mass is 457 g/mol. The number of hydrogen-bond donors (Lipinski definition) is 1. The Morgan fingerprint density at radius 2 is 1.79 bits per heavy atom. The van der Waals surface area contributed by atoms with Crippen molar-refractivity contribution in [3.8, 4) is 22.6 Å². The Labute approximate surface area is 203 Å². The molecule has 0 saturated heterocycles. The maximum absolute atomic E-state index is 13.3. The smallest absolute Gasteiger partial charge is 0.252 e. The number of nitrogens with one attached hydrogen (secondary N) is 1. The van der Waals surface area contributed by atoms with Crippen molar-refractivity contribution in [2.75, 3.05) is 13.7 Å². The summed E-state index contributed by atoms with van der Waals surface area (Å²) in [6.07, 6.45) is 6.32. The zero-order chi connectivity index (χ0) is 24.7. The van der Waals surface area contributed by atoms with E-state index in [0.717, 1.165) is 41.0 Å². The van der Waals surface area contributed by atoms with Crippen LogP contribution in [-0.2, 0) is 0 Å². The van der Waals surface area contributed by atoms with Crippen molar-refractivity contribution in [2.45, 2.75) is 47.5 Å². The molecule has 5 heteroatoms. The number of methoxy groups -OCH3 is 1. The van der Waals surface area contributed by atoms with E-state index < -0.39 is 0 Å². The van der Waals surface area contributed by atoms with Gasteiger partial charge in [0.05, 0.1) is 24.1 Å². The van der Waals surface area contributed by atoms with Gasteiger partial charge in [-0.2, -0.15) is 5.10 Å². The summed E-state index contributed by atoms with van der Waals surface area (Å²) in [5.74, 6) is 0.515. The highest BCUT2D eigenvalue weighted by Crippen LogP contribution is 2.33. The molecule has 1 aromatic heterocycles. The summed E-state index contributed by atoms with van der Waals surface area (Å²) in [5.41, 5.74) is 7.82. The molecule has 1 N–H and O–H groups in total. The van der Waals surface area contributed by atoms with E-state index in [1.54, 1.807) is 13.2 Å². The third-order valence-corrected chi connectivity index (χ3v) is 5.84.